The Labute approximate surface area is 103 Å². The molecule has 2 aromatic carbocycles. The fraction of sp³-hybridized carbons (Fsp3) is 0. The molecule has 0 aliphatic heterocycles. The van der Waals surface area contributed by atoms with Gasteiger partial charge in [0.05, 0.1) is 10.6 Å². The Kier molecular flexibility index (Phi) is 3.29. The number of rotatable bonds is 3. The van der Waals surface area contributed by atoms with E-state index in [0.717, 1.165) is 30.3 Å². The highest BCUT2D eigenvalue weighted by Gasteiger charge is 2.14. The van der Waals surface area contributed by atoms with Crippen molar-refractivity contribution in [3.63, 3.8) is 0 Å². The summed E-state index contributed by atoms with van der Waals surface area (Å²) in [5.74, 6) is -1.07. The third-order valence-corrected chi connectivity index (χ3v) is 3.60. The van der Waals surface area contributed by atoms with Gasteiger partial charge in [0.25, 0.3) is 10.0 Å². The van der Waals surface area contributed by atoms with Gasteiger partial charge in [-0.3, -0.25) is 4.72 Å². The lowest BCUT2D eigenvalue weighted by Gasteiger charge is -2.07. The molecule has 2 aromatic rings. The first-order valence-corrected chi connectivity index (χ1v) is 6.50. The van der Waals surface area contributed by atoms with Gasteiger partial charge in [-0.15, -0.1) is 0 Å². The van der Waals surface area contributed by atoms with Gasteiger partial charge in [0.2, 0.25) is 0 Å². The molecule has 3 nitrogen and oxygen atoms in total. The SMILES string of the molecule is O=S(=O)(Nc1cccc(F)c1)c1ccc(F)cc1. The molecule has 0 aromatic heterocycles. The molecule has 18 heavy (non-hydrogen) atoms. The van der Waals surface area contributed by atoms with E-state index in [1.165, 1.54) is 18.2 Å². The summed E-state index contributed by atoms with van der Waals surface area (Å²) in [4.78, 5) is -0.0897. The number of anilines is 1. The average Bonchev–Trinajstić information content (AvgIpc) is 2.29. The first kappa shape index (κ1) is 12.5. The van der Waals surface area contributed by atoms with Crippen LogP contribution in [0.5, 0.6) is 0 Å². The Hall–Kier alpha value is -1.95. The second-order valence-corrected chi connectivity index (χ2v) is 5.25. The van der Waals surface area contributed by atoms with E-state index < -0.39 is 21.7 Å². The van der Waals surface area contributed by atoms with E-state index in [1.807, 2.05) is 0 Å². The van der Waals surface area contributed by atoms with Crippen LogP contribution in [-0.2, 0) is 10.0 Å². The predicted molar refractivity (Wildman–Crippen MR) is 63.6 cm³/mol. The number of sulfonamides is 1. The molecule has 0 heterocycles. The monoisotopic (exact) mass is 269 g/mol. The first-order chi connectivity index (χ1) is 8.47. The molecule has 0 unspecified atom stereocenters. The van der Waals surface area contributed by atoms with Gasteiger partial charge in [0.15, 0.2) is 0 Å². The van der Waals surface area contributed by atoms with E-state index >= 15 is 0 Å². The van der Waals surface area contributed by atoms with Crippen LogP contribution in [0.4, 0.5) is 14.5 Å². The smallest absolute Gasteiger partial charge is 0.261 e. The highest BCUT2D eigenvalue weighted by atomic mass is 32.2. The molecule has 6 heteroatoms. The van der Waals surface area contributed by atoms with Gasteiger partial charge in [-0.05, 0) is 42.5 Å². The molecule has 0 aliphatic carbocycles. The van der Waals surface area contributed by atoms with Gasteiger partial charge in [-0.1, -0.05) is 6.07 Å². The van der Waals surface area contributed by atoms with Gasteiger partial charge in [-0.25, -0.2) is 17.2 Å². The molecule has 0 aliphatic rings. The number of hydrogen-bond donors (Lipinski definition) is 1. The largest absolute Gasteiger partial charge is 0.280 e. The predicted octanol–water partition coefficient (Wildman–Crippen LogP) is 2.77. The quantitative estimate of drug-likeness (QED) is 0.931. The van der Waals surface area contributed by atoms with Crippen LogP contribution in [0, 0.1) is 11.6 Å². The van der Waals surface area contributed by atoms with Gasteiger partial charge in [0.1, 0.15) is 11.6 Å². The molecule has 94 valence electrons. The van der Waals surface area contributed by atoms with Gasteiger partial charge in [-0.2, -0.15) is 0 Å². The molecule has 1 N–H and O–H groups in total. The summed E-state index contributed by atoms with van der Waals surface area (Å²) in [5.41, 5.74) is 0.110. The van der Waals surface area contributed by atoms with Crippen molar-refractivity contribution >= 4 is 15.7 Å². The van der Waals surface area contributed by atoms with E-state index in [2.05, 4.69) is 4.72 Å². The van der Waals surface area contributed by atoms with Crippen LogP contribution >= 0.6 is 0 Å². The maximum Gasteiger partial charge on any atom is 0.261 e. The average molecular weight is 269 g/mol. The summed E-state index contributed by atoms with van der Waals surface area (Å²) in [6, 6.07) is 9.42. The van der Waals surface area contributed by atoms with Crippen molar-refractivity contribution in [1.29, 1.82) is 0 Å². The molecule has 0 fully saturated rings. The van der Waals surface area contributed by atoms with E-state index in [0.29, 0.717) is 0 Å². The van der Waals surface area contributed by atoms with Crippen molar-refractivity contribution < 1.29 is 17.2 Å². The molecular weight excluding hydrogens is 260 g/mol. The Balaban J connectivity index is 2.30. The van der Waals surface area contributed by atoms with Crippen molar-refractivity contribution in [1.82, 2.24) is 0 Å². The lowest BCUT2D eigenvalue weighted by molar-refractivity contribution is 0.599. The van der Waals surface area contributed by atoms with Gasteiger partial charge >= 0.3 is 0 Å². The summed E-state index contributed by atoms with van der Waals surface area (Å²) in [6.45, 7) is 0. The summed E-state index contributed by atoms with van der Waals surface area (Å²) in [5, 5.41) is 0. The maximum atomic E-state index is 12.9. The zero-order chi connectivity index (χ0) is 13.2. The van der Waals surface area contributed by atoms with E-state index in [-0.39, 0.29) is 10.6 Å². The Bertz CT molecular complexity index is 654. The van der Waals surface area contributed by atoms with Gasteiger partial charge in [0, 0.05) is 0 Å². The molecule has 0 saturated carbocycles. The summed E-state index contributed by atoms with van der Waals surface area (Å²) < 4.78 is 51.5. The van der Waals surface area contributed by atoms with Crippen molar-refractivity contribution in [3.05, 3.63) is 60.2 Å². The lowest BCUT2D eigenvalue weighted by Crippen LogP contribution is -2.12. The minimum absolute atomic E-state index is 0.0897. The zero-order valence-corrected chi connectivity index (χ0v) is 9.92. The molecule has 0 bridgehead atoms. The van der Waals surface area contributed by atoms with Crippen molar-refractivity contribution in [2.75, 3.05) is 4.72 Å². The van der Waals surface area contributed by atoms with Crippen molar-refractivity contribution in [2.45, 2.75) is 4.90 Å². The van der Waals surface area contributed by atoms with Gasteiger partial charge < -0.3 is 0 Å². The van der Waals surface area contributed by atoms with Crippen LogP contribution < -0.4 is 4.72 Å². The van der Waals surface area contributed by atoms with E-state index in [9.17, 15) is 17.2 Å². The molecule has 0 saturated heterocycles. The minimum atomic E-state index is -3.83. The summed E-state index contributed by atoms with van der Waals surface area (Å²) in [7, 11) is -3.83. The van der Waals surface area contributed by atoms with Crippen LogP contribution in [0.1, 0.15) is 0 Å². The number of hydrogen-bond acceptors (Lipinski definition) is 2. The first-order valence-electron chi connectivity index (χ1n) is 5.01. The fourth-order valence-corrected chi connectivity index (χ4v) is 2.43. The number of halogens is 2. The summed E-state index contributed by atoms with van der Waals surface area (Å²) in [6.07, 6.45) is 0. The molecule has 0 atom stereocenters. The topological polar surface area (TPSA) is 46.2 Å². The van der Waals surface area contributed by atoms with Crippen LogP contribution in [0.3, 0.4) is 0 Å². The lowest BCUT2D eigenvalue weighted by atomic mass is 10.3. The Morgan fingerprint density at radius 1 is 0.889 bits per heavy atom. The number of nitrogens with one attached hydrogen (secondary N) is 1. The second kappa shape index (κ2) is 4.73. The fourth-order valence-electron chi connectivity index (χ4n) is 1.38. The molecular formula is C12H9F2NO2S. The van der Waals surface area contributed by atoms with E-state index in [1.54, 1.807) is 0 Å². The van der Waals surface area contributed by atoms with E-state index in [4.69, 9.17) is 0 Å². The Morgan fingerprint density at radius 2 is 1.56 bits per heavy atom. The van der Waals surface area contributed by atoms with Crippen molar-refractivity contribution in [2.24, 2.45) is 0 Å². The van der Waals surface area contributed by atoms with Crippen molar-refractivity contribution in [3.8, 4) is 0 Å². The zero-order valence-electron chi connectivity index (χ0n) is 9.10. The number of benzene rings is 2. The standard InChI is InChI=1S/C12H9F2NO2S/c13-9-4-6-12(7-5-9)18(16,17)15-11-3-1-2-10(14)8-11/h1-8,15H. The molecule has 2 rings (SSSR count). The second-order valence-electron chi connectivity index (χ2n) is 3.57. The molecule has 0 radical (unpaired) electrons. The third kappa shape index (κ3) is 2.84. The van der Waals surface area contributed by atoms with Crippen LogP contribution in [-0.4, -0.2) is 8.42 Å². The van der Waals surface area contributed by atoms with Crippen LogP contribution in [0.15, 0.2) is 53.4 Å². The minimum Gasteiger partial charge on any atom is -0.280 e. The van der Waals surface area contributed by atoms with Crippen LogP contribution in [0.25, 0.3) is 0 Å². The third-order valence-electron chi connectivity index (χ3n) is 2.20. The van der Waals surface area contributed by atoms with Crippen LogP contribution in [0.2, 0.25) is 0 Å². The summed E-state index contributed by atoms with van der Waals surface area (Å²) >= 11 is 0. The normalized spacial score (nSPS) is 11.2. The molecule has 0 amide bonds. The highest BCUT2D eigenvalue weighted by molar-refractivity contribution is 7.92. The maximum absolute atomic E-state index is 12.9. The highest BCUT2D eigenvalue weighted by Crippen LogP contribution is 2.16. The molecule has 0 spiro atoms. The Morgan fingerprint density at radius 3 is 2.17 bits per heavy atom.